The lowest BCUT2D eigenvalue weighted by Gasteiger charge is -2.42. The summed E-state index contributed by atoms with van der Waals surface area (Å²) in [6.45, 7) is 1.86. The molecule has 2 aliphatic carbocycles. The van der Waals surface area contributed by atoms with Gasteiger partial charge in [-0.15, -0.1) is 0 Å². The third kappa shape index (κ3) is 2.70. The van der Waals surface area contributed by atoms with Crippen molar-refractivity contribution in [1.29, 1.82) is 5.26 Å². The normalized spacial score (nSPS) is 38.9. The van der Waals surface area contributed by atoms with E-state index in [1.165, 1.54) is 0 Å². The first-order chi connectivity index (χ1) is 8.95. The van der Waals surface area contributed by atoms with E-state index in [0.717, 1.165) is 0 Å². The van der Waals surface area contributed by atoms with Crippen LogP contribution < -0.4 is 0 Å². The number of nitriles is 1. The summed E-state index contributed by atoms with van der Waals surface area (Å²) in [6, 6.07) is 2.47. The predicted molar refractivity (Wildman–Crippen MR) is 76.7 cm³/mol. The van der Waals surface area contributed by atoms with E-state index in [1.807, 2.05) is 13.0 Å². The fraction of sp³-hybridized carbons (Fsp3) is 0.643. The van der Waals surface area contributed by atoms with Gasteiger partial charge in [0.15, 0.2) is 0 Å². The minimum atomic E-state index is -0.518. The summed E-state index contributed by atoms with van der Waals surface area (Å²) in [6.07, 6.45) is 7.05. The Labute approximate surface area is 123 Å². The third-order valence-corrected chi connectivity index (χ3v) is 5.31. The van der Waals surface area contributed by atoms with Gasteiger partial charge in [0.2, 0.25) is 0 Å². The van der Waals surface area contributed by atoms with Crippen molar-refractivity contribution < 1.29 is 0 Å². The Morgan fingerprint density at radius 1 is 1.37 bits per heavy atom. The van der Waals surface area contributed by atoms with Crippen LogP contribution in [-0.2, 0) is 0 Å². The first-order valence-corrected chi connectivity index (χ1v) is 7.18. The zero-order valence-electron chi connectivity index (χ0n) is 10.8. The summed E-state index contributed by atoms with van der Waals surface area (Å²) < 4.78 is 0. The second-order valence-electron chi connectivity index (χ2n) is 5.78. The van der Waals surface area contributed by atoms with Crippen LogP contribution in [0.4, 0.5) is 0 Å². The van der Waals surface area contributed by atoms with Crippen molar-refractivity contribution in [3.8, 4) is 6.07 Å². The maximum Gasteiger partial charge on any atom is 0.0999 e. The van der Waals surface area contributed by atoms with Gasteiger partial charge in [0.1, 0.15) is 0 Å². The lowest BCUT2D eigenvalue weighted by atomic mass is 9.61. The van der Waals surface area contributed by atoms with Gasteiger partial charge in [0.25, 0.3) is 0 Å². The fourth-order valence-electron chi connectivity index (χ4n) is 2.92. The number of hydrogen-bond acceptors (Lipinski definition) is 3. The monoisotopic (exact) mass is 298 g/mol. The maximum absolute atomic E-state index is 10.9. The van der Waals surface area contributed by atoms with Crippen LogP contribution in [0.25, 0.3) is 0 Å². The van der Waals surface area contributed by atoms with Gasteiger partial charge in [-0.3, -0.25) is 0 Å². The molecule has 0 bridgehead atoms. The van der Waals surface area contributed by atoms with Crippen molar-refractivity contribution in [3.63, 3.8) is 0 Å². The minimum absolute atomic E-state index is 0.0729. The van der Waals surface area contributed by atoms with Gasteiger partial charge in [-0.05, 0) is 45.1 Å². The molecule has 0 radical (unpaired) electrons. The van der Waals surface area contributed by atoms with Crippen LogP contribution in [0.5, 0.6) is 0 Å². The summed E-state index contributed by atoms with van der Waals surface area (Å²) in [7, 11) is 0. The molecular formula is C14H16Cl2N2O. The van der Waals surface area contributed by atoms with E-state index in [9.17, 15) is 10.2 Å². The van der Waals surface area contributed by atoms with Crippen molar-refractivity contribution in [2.75, 3.05) is 0 Å². The summed E-state index contributed by atoms with van der Waals surface area (Å²) in [4.78, 5) is 10.9. The van der Waals surface area contributed by atoms with E-state index in [0.29, 0.717) is 42.2 Å². The van der Waals surface area contributed by atoms with Crippen LogP contribution in [0.1, 0.15) is 39.0 Å². The lowest BCUT2D eigenvalue weighted by Crippen LogP contribution is -2.39. The van der Waals surface area contributed by atoms with Crippen LogP contribution in [-0.4, -0.2) is 5.54 Å². The molecule has 0 N–H and O–H groups in total. The molecule has 5 heteroatoms. The highest BCUT2D eigenvalue weighted by Crippen LogP contribution is 2.50. The SMILES string of the molecule is C[C@]1(N=O)CC[C@](C#N)(C2C=CC(Cl)=C(Cl)C2)CC1. The summed E-state index contributed by atoms with van der Waals surface area (Å²) in [5.41, 5.74) is -0.964. The molecule has 1 fully saturated rings. The molecule has 0 aromatic heterocycles. The van der Waals surface area contributed by atoms with Crippen molar-refractivity contribution >= 4 is 23.2 Å². The topological polar surface area (TPSA) is 53.2 Å². The average Bonchev–Trinajstić information content (AvgIpc) is 2.43. The lowest BCUT2D eigenvalue weighted by molar-refractivity contribution is 0.147. The first-order valence-electron chi connectivity index (χ1n) is 6.43. The van der Waals surface area contributed by atoms with Crippen LogP contribution in [0.2, 0.25) is 0 Å². The quantitative estimate of drug-likeness (QED) is 0.684. The van der Waals surface area contributed by atoms with Gasteiger partial charge in [0, 0.05) is 11.0 Å². The molecule has 3 nitrogen and oxygen atoms in total. The molecule has 2 aliphatic rings. The second-order valence-corrected chi connectivity index (χ2v) is 6.64. The Bertz CT molecular complexity index is 482. The molecule has 0 aliphatic heterocycles. The highest BCUT2D eigenvalue weighted by molar-refractivity contribution is 6.40. The molecule has 0 saturated heterocycles. The average molecular weight is 299 g/mol. The Hall–Kier alpha value is -0.850. The Balaban J connectivity index is 2.17. The molecule has 1 saturated carbocycles. The molecular weight excluding hydrogens is 283 g/mol. The molecule has 0 aromatic carbocycles. The number of allylic oxidation sites excluding steroid dienone is 4. The molecule has 19 heavy (non-hydrogen) atoms. The van der Waals surface area contributed by atoms with E-state index in [1.54, 1.807) is 6.08 Å². The highest BCUT2D eigenvalue weighted by atomic mass is 35.5. The number of halogens is 2. The van der Waals surface area contributed by atoms with Gasteiger partial charge in [-0.2, -0.15) is 10.2 Å². The Morgan fingerprint density at radius 2 is 2.00 bits per heavy atom. The number of nitrogens with zero attached hydrogens (tertiary/aromatic N) is 2. The Kier molecular flexibility index (Phi) is 4.03. The van der Waals surface area contributed by atoms with Crippen LogP contribution in [0, 0.1) is 27.6 Å². The van der Waals surface area contributed by atoms with Crippen molar-refractivity contribution in [2.45, 2.75) is 44.6 Å². The van der Waals surface area contributed by atoms with E-state index in [-0.39, 0.29) is 5.92 Å². The molecule has 0 heterocycles. The van der Waals surface area contributed by atoms with E-state index in [2.05, 4.69) is 11.2 Å². The van der Waals surface area contributed by atoms with Gasteiger partial charge in [-0.1, -0.05) is 34.5 Å². The number of rotatable bonds is 2. The largest absolute Gasteiger partial charge is 0.198 e. The van der Waals surface area contributed by atoms with Crippen molar-refractivity contribution in [1.82, 2.24) is 0 Å². The molecule has 102 valence electrons. The van der Waals surface area contributed by atoms with Crippen LogP contribution in [0.3, 0.4) is 0 Å². The smallest absolute Gasteiger partial charge is 0.0999 e. The maximum atomic E-state index is 10.9. The van der Waals surface area contributed by atoms with Crippen LogP contribution in [0.15, 0.2) is 27.4 Å². The van der Waals surface area contributed by atoms with E-state index in [4.69, 9.17) is 23.2 Å². The third-order valence-electron chi connectivity index (χ3n) is 4.51. The molecule has 0 spiro atoms. The fourth-order valence-corrected chi connectivity index (χ4v) is 3.30. The predicted octanol–water partition coefficient (Wildman–Crippen LogP) is 4.86. The zero-order valence-corrected chi connectivity index (χ0v) is 12.3. The summed E-state index contributed by atoms with van der Waals surface area (Å²) in [5.74, 6) is 0.0729. The minimum Gasteiger partial charge on any atom is -0.198 e. The van der Waals surface area contributed by atoms with E-state index < -0.39 is 11.0 Å². The highest BCUT2D eigenvalue weighted by Gasteiger charge is 2.46. The first kappa shape index (κ1) is 14.6. The van der Waals surface area contributed by atoms with E-state index >= 15 is 0 Å². The molecule has 1 unspecified atom stereocenters. The molecule has 0 amide bonds. The van der Waals surface area contributed by atoms with Gasteiger partial charge >= 0.3 is 0 Å². The van der Waals surface area contributed by atoms with Crippen molar-refractivity contribution in [2.24, 2.45) is 16.5 Å². The zero-order chi connectivity index (χ0) is 14.1. The van der Waals surface area contributed by atoms with Crippen LogP contribution >= 0.6 is 23.2 Å². The molecule has 2 rings (SSSR count). The Morgan fingerprint density at radius 3 is 2.47 bits per heavy atom. The molecule has 1 atom stereocenters. The summed E-state index contributed by atoms with van der Waals surface area (Å²) >= 11 is 12.1. The standard InChI is InChI=1S/C14H16Cl2N2O/c1-13(18-19)4-6-14(9-17,7-5-13)10-2-3-11(15)12(16)8-10/h2-3,10H,4-8H2,1H3/t10?,13-,14-. The number of hydrogen-bond donors (Lipinski definition) is 0. The molecule has 0 aromatic rings. The van der Waals surface area contributed by atoms with Crippen molar-refractivity contribution in [3.05, 3.63) is 27.1 Å². The van der Waals surface area contributed by atoms with Gasteiger partial charge < -0.3 is 0 Å². The second kappa shape index (κ2) is 5.26. The summed E-state index contributed by atoms with van der Waals surface area (Å²) in [5, 5.41) is 14.0. The van der Waals surface area contributed by atoms with Gasteiger partial charge in [-0.25, -0.2) is 0 Å². The van der Waals surface area contributed by atoms with Gasteiger partial charge in [0.05, 0.1) is 22.1 Å². The number of nitroso groups, excluding NO2 is 1.